The Hall–Kier alpha value is -3.45. The van der Waals surface area contributed by atoms with E-state index in [0.29, 0.717) is 19.8 Å². The average Bonchev–Trinajstić information content (AvgIpc) is 3.28. The number of rotatable bonds is 7. The van der Waals surface area contributed by atoms with Gasteiger partial charge in [-0.15, -0.1) is 0 Å². The maximum absolute atomic E-state index is 14.4. The van der Waals surface area contributed by atoms with Gasteiger partial charge < -0.3 is 19.5 Å². The van der Waals surface area contributed by atoms with Crippen molar-refractivity contribution in [3.8, 4) is 5.75 Å². The molecule has 6 nitrogen and oxygen atoms in total. The predicted molar refractivity (Wildman–Crippen MR) is 110 cm³/mol. The molecule has 3 aromatic rings. The van der Waals surface area contributed by atoms with E-state index in [1.54, 1.807) is 48.8 Å². The number of halogens is 1. The molecular formula is C23H21FN2O4. The van der Waals surface area contributed by atoms with E-state index in [2.05, 4.69) is 4.98 Å². The number of pyridine rings is 1. The van der Waals surface area contributed by atoms with Gasteiger partial charge in [-0.05, 0) is 48.0 Å². The number of carboxylic acid groups (broad SMARTS) is 1. The number of nitrogens with zero attached hydrogens (tertiary/aromatic N) is 2. The highest BCUT2D eigenvalue weighted by Gasteiger charge is 2.20. The standard InChI is InChI=1S/C23H21FN2O4/c24-21-8-7-19(12-22(21)30-20-9-11-29-15-20)26(14-16-2-1-10-25-13-16)18-5-3-17(4-6-18)23(27)28/h1-8,10,12-13,20H,9,11,14-15H2,(H,27,28). The number of aromatic nitrogens is 1. The van der Waals surface area contributed by atoms with Crippen LogP contribution in [0.4, 0.5) is 15.8 Å². The van der Waals surface area contributed by atoms with Gasteiger partial charge in [0, 0.05) is 42.8 Å². The van der Waals surface area contributed by atoms with Crippen molar-refractivity contribution in [3.05, 3.63) is 83.9 Å². The Morgan fingerprint density at radius 2 is 2.00 bits per heavy atom. The van der Waals surface area contributed by atoms with Crippen LogP contribution >= 0.6 is 0 Å². The fourth-order valence-electron chi connectivity index (χ4n) is 3.33. The molecule has 0 spiro atoms. The number of carboxylic acids is 1. The summed E-state index contributed by atoms with van der Waals surface area (Å²) in [6.45, 7) is 1.52. The van der Waals surface area contributed by atoms with Gasteiger partial charge in [0.15, 0.2) is 11.6 Å². The van der Waals surface area contributed by atoms with Crippen LogP contribution in [-0.4, -0.2) is 35.4 Å². The minimum atomic E-state index is -0.989. The van der Waals surface area contributed by atoms with Gasteiger partial charge in [0.25, 0.3) is 0 Å². The summed E-state index contributed by atoms with van der Waals surface area (Å²) in [6, 6.07) is 15.1. The molecule has 7 heteroatoms. The minimum Gasteiger partial charge on any atom is -0.485 e. The van der Waals surface area contributed by atoms with E-state index >= 15 is 0 Å². The zero-order valence-corrected chi connectivity index (χ0v) is 16.2. The molecule has 1 fully saturated rings. The maximum Gasteiger partial charge on any atom is 0.335 e. The number of hydrogen-bond donors (Lipinski definition) is 1. The van der Waals surface area contributed by atoms with Crippen molar-refractivity contribution in [1.82, 2.24) is 4.98 Å². The first-order chi connectivity index (χ1) is 14.6. The summed E-state index contributed by atoms with van der Waals surface area (Å²) in [7, 11) is 0. The van der Waals surface area contributed by atoms with E-state index in [1.807, 2.05) is 17.0 Å². The molecule has 1 saturated heterocycles. The van der Waals surface area contributed by atoms with Crippen molar-refractivity contribution in [2.45, 2.75) is 19.1 Å². The highest BCUT2D eigenvalue weighted by Crippen LogP contribution is 2.32. The molecule has 4 rings (SSSR count). The summed E-state index contributed by atoms with van der Waals surface area (Å²) in [4.78, 5) is 17.3. The van der Waals surface area contributed by atoms with Crippen LogP contribution in [-0.2, 0) is 11.3 Å². The predicted octanol–water partition coefficient (Wildman–Crippen LogP) is 4.42. The SMILES string of the molecule is O=C(O)c1ccc(N(Cc2cccnc2)c2ccc(F)c(OC3CCOC3)c2)cc1. The Morgan fingerprint density at radius 1 is 1.20 bits per heavy atom. The lowest BCUT2D eigenvalue weighted by Gasteiger charge is -2.26. The Labute approximate surface area is 173 Å². The second-order valence-corrected chi connectivity index (χ2v) is 7.02. The minimum absolute atomic E-state index is 0.168. The van der Waals surface area contributed by atoms with Gasteiger partial charge in [-0.25, -0.2) is 9.18 Å². The highest BCUT2D eigenvalue weighted by atomic mass is 19.1. The van der Waals surface area contributed by atoms with Crippen LogP contribution < -0.4 is 9.64 Å². The van der Waals surface area contributed by atoms with Gasteiger partial charge in [0.1, 0.15) is 6.10 Å². The number of anilines is 2. The van der Waals surface area contributed by atoms with Gasteiger partial charge in [0.05, 0.1) is 18.8 Å². The smallest absolute Gasteiger partial charge is 0.335 e. The van der Waals surface area contributed by atoms with Crippen LogP contribution in [0.2, 0.25) is 0 Å². The normalized spacial score (nSPS) is 15.7. The third-order valence-electron chi connectivity index (χ3n) is 4.90. The monoisotopic (exact) mass is 408 g/mol. The van der Waals surface area contributed by atoms with E-state index in [4.69, 9.17) is 9.47 Å². The first kappa shape index (κ1) is 19.8. The molecule has 1 aliphatic rings. The van der Waals surface area contributed by atoms with Crippen molar-refractivity contribution >= 4 is 17.3 Å². The summed E-state index contributed by atoms with van der Waals surface area (Å²) in [6.07, 6.45) is 4.01. The third-order valence-corrected chi connectivity index (χ3v) is 4.90. The topological polar surface area (TPSA) is 71.9 Å². The molecule has 1 atom stereocenters. The Kier molecular flexibility index (Phi) is 5.90. The third kappa shape index (κ3) is 4.58. The van der Waals surface area contributed by atoms with Gasteiger partial charge >= 0.3 is 5.97 Å². The summed E-state index contributed by atoms with van der Waals surface area (Å²) in [5.41, 5.74) is 2.64. The molecule has 1 aromatic heterocycles. The van der Waals surface area contributed by atoms with Crippen molar-refractivity contribution in [2.24, 2.45) is 0 Å². The lowest BCUT2D eigenvalue weighted by molar-refractivity contribution is 0.0697. The first-order valence-corrected chi connectivity index (χ1v) is 9.64. The van der Waals surface area contributed by atoms with E-state index in [0.717, 1.165) is 23.4 Å². The number of aromatic carboxylic acids is 1. The quantitative estimate of drug-likeness (QED) is 0.624. The van der Waals surface area contributed by atoms with E-state index < -0.39 is 11.8 Å². The van der Waals surface area contributed by atoms with Crippen LogP contribution in [0.15, 0.2) is 67.0 Å². The molecule has 30 heavy (non-hydrogen) atoms. The van der Waals surface area contributed by atoms with Crippen molar-refractivity contribution in [3.63, 3.8) is 0 Å². The molecule has 0 aliphatic carbocycles. The molecule has 0 saturated carbocycles. The first-order valence-electron chi connectivity index (χ1n) is 9.64. The van der Waals surface area contributed by atoms with Crippen molar-refractivity contribution in [1.29, 1.82) is 0 Å². The van der Waals surface area contributed by atoms with E-state index in [-0.39, 0.29) is 17.4 Å². The summed E-state index contributed by atoms with van der Waals surface area (Å²) in [5.74, 6) is -1.26. The molecular weight excluding hydrogens is 387 g/mol. The number of ether oxygens (including phenoxy) is 2. The molecule has 1 aliphatic heterocycles. The molecule has 1 N–H and O–H groups in total. The van der Waals surface area contributed by atoms with E-state index in [1.165, 1.54) is 6.07 Å². The average molecular weight is 408 g/mol. The van der Waals surface area contributed by atoms with Crippen LogP contribution in [0.1, 0.15) is 22.3 Å². The van der Waals surface area contributed by atoms with Crippen LogP contribution in [0.25, 0.3) is 0 Å². The molecule has 2 heterocycles. The largest absolute Gasteiger partial charge is 0.485 e. The van der Waals surface area contributed by atoms with E-state index in [9.17, 15) is 14.3 Å². The molecule has 0 bridgehead atoms. The number of hydrogen-bond acceptors (Lipinski definition) is 5. The van der Waals surface area contributed by atoms with Crippen molar-refractivity contribution < 1.29 is 23.8 Å². The van der Waals surface area contributed by atoms with Crippen LogP contribution in [0.5, 0.6) is 5.75 Å². The maximum atomic E-state index is 14.4. The lowest BCUT2D eigenvalue weighted by atomic mass is 10.1. The molecule has 1 unspecified atom stereocenters. The number of carbonyl (C=O) groups is 1. The molecule has 0 amide bonds. The lowest BCUT2D eigenvalue weighted by Crippen LogP contribution is -2.19. The second kappa shape index (κ2) is 8.92. The number of benzene rings is 2. The molecule has 154 valence electrons. The Bertz CT molecular complexity index is 1010. The highest BCUT2D eigenvalue weighted by molar-refractivity contribution is 5.88. The van der Waals surface area contributed by atoms with Gasteiger partial charge in [-0.2, -0.15) is 0 Å². The summed E-state index contributed by atoms with van der Waals surface area (Å²) in [5, 5.41) is 9.18. The van der Waals surface area contributed by atoms with Crippen LogP contribution in [0, 0.1) is 5.82 Å². The summed E-state index contributed by atoms with van der Waals surface area (Å²) < 4.78 is 25.5. The Morgan fingerprint density at radius 3 is 2.67 bits per heavy atom. The fourth-order valence-corrected chi connectivity index (χ4v) is 3.33. The van der Waals surface area contributed by atoms with Crippen molar-refractivity contribution in [2.75, 3.05) is 18.1 Å². The molecule has 0 radical (unpaired) electrons. The van der Waals surface area contributed by atoms with Gasteiger partial charge in [-0.3, -0.25) is 4.98 Å². The van der Waals surface area contributed by atoms with Gasteiger partial charge in [0.2, 0.25) is 0 Å². The van der Waals surface area contributed by atoms with Gasteiger partial charge in [-0.1, -0.05) is 6.07 Å². The zero-order valence-electron chi connectivity index (χ0n) is 16.2. The van der Waals surface area contributed by atoms with Crippen LogP contribution in [0.3, 0.4) is 0 Å². The second-order valence-electron chi connectivity index (χ2n) is 7.02. The summed E-state index contributed by atoms with van der Waals surface area (Å²) >= 11 is 0. The fraction of sp³-hybridized carbons (Fsp3) is 0.217. The molecule has 2 aromatic carbocycles. The zero-order chi connectivity index (χ0) is 20.9. The Balaban J connectivity index is 1.68.